The molecule has 5 heteroatoms. The van der Waals surface area contributed by atoms with Gasteiger partial charge in [-0.1, -0.05) is 31.9 Å². The molecule has 2 rings (SSSR count). The van der Waals surface area contributed by atoms with Crippen molar-refractivity contribution in [2.24, 2.45) is 0 Å². The zero-order chi connectivity index (χ0) is 13.8. The average Bonchev–Trinajstić information content (AvgIpc) is 2.29. The van der Waals surface area contributed by atoms with Crippen LogP contribution in [0.4, 0.5) is 4.39 Å². The lowest BCUT2D eigenvalue weighted by atomic mass is 9.91. The molecule has 19 heavy (non-hydrogen) atoms. The van der Waals surface area contributed by atoms with Gasteiger partial charge in [0.2, 0.25) is 0 Å². The van der Waals surface area contributed by atoms with Crippen molar-refractivity contribution in [3.05, 3.63) is 34.1 Å². The van der Waals surface area contributed by atoms with E-state index in [0.717, 1.165) is 31.1 Å². The largest absolute Gasteiger partial charge is 0.336 e. The maximum atomic E-state index is 13.4. The van der Waals surface area contributed by atoms with Gasteiger partial charge in [0.1, 0.15) is 5.82 Å². The van der Waals surface area contributed by atoms with Gasteiger partial charge in [0.15, 0.2) is 0 Å². The molecular weight excluding hydrogens is 377 g/mol. The van der Waals surface area contributed by atoms with Crippen molar-refractivity contribution >= 4 is 37.8 Å². The van der Waals surface area contributed by atoms with Crippen LogP contribution in [0.1, 0.15) is 36.0 Å². The highest BCUT2D eigenvalue weighted by Crippen LogP contribution is 2.27. The van der Waals surface area contributed by atoms with Crippen LogP contribution >= 0.6 is 31.9 Å². The minimum Gasteiger partial charge on any atom is -0.336 e. The highest BCUT2D eigenvalue weighted by molar-refractivity contribution is 9.10. The van der Waals surface area contributed by atoms with Gasteiger partial charge in [-0.3, -0.25) is 4.79 Å². The summed E-state index contributed by atoms with van der Waals surface area (Å²) in [5.74, 6) is -0.447. The van der Waals surface area contributed by atoms with E-state index in [9.17, 15) is 9.18 Å². The fourth-order valence-electron chi connectivity index (χ4n) is 2.22. The van der Waals surface area contributed by atoms with Crippen LogP contribution in [0.2, 0.25) is 0 Å². The molecular formula is C14H16Br2FNO. The van der Waals surface area contributed by atoms with Gasteiger partial charge >= 0.3 is 0 Å². The molecule has 1 aliphatic carbocycles. The molecule has 0 aromatic heterocycles. The quantitative estimate of drug-likeness (QED) is 0.681. The summed E-state index contributed by atoms with van der Waals surface area (Å²) in [5.41, 5.74) is 0.424. The van der Waals surface area contributed by atoms with Crippen LogP contribution in [-0.4, -0.2) is 28.7 Å². The first-order valence-electron chi connectivity index (χ1n) is 6.45. The molecule has 0 bridgehead atoms. The Morgan fingerprint density at radius 1 is 1.37 bits per heavy atom. The van der Waals surface area contributed by atoms with E-state index >= 15 is 0 Å². The number of rotatable bonds is 5. The Kier molecular flexibility index (Phi) is 5.39. The molecule has 0 heterocycles. The Hall–Kier alpha value is -0.420. The monoisotopic (exact) mass is 391 g/mol. The number of hydrogen-bond acceptors (Lipinski definition) is 1. The summed E-state index contributed by atoms with van der Waals surface area (Å²) in [7, 11) is 0. The summed E-state index contributed by atoms with van der Waals surface area (Å²) >= 11 is 6.62. The van der Waals surface area contributed by atoms with Crippen LogP contribution in [0, 0.1) is 5.82 Å². The number of carbonyl (C=O) groups excluding carboxylic acids is 1. The normalized spacial score (nSPS) is 15.1. The maximum Gasteiger partial charge on any atom is 0.254 e. The molecule has 0 N–H and O–H groups in total. The Balaban J connectivity index is 2.17. The highest BCUT2D eigenvalue weighted by atomic mass is 79.9. The van der Waals surface area contributed by atoms with Crippen molar-refractivity contribution in [1.29, 1.82) is 0 Å². The lowest BCUT2D eigenvalue weighted by Gasteiger charge is -2.37. The van der Waals surface area contributed by atoms with Gasteiger partial charge in [0, 0.05) is 28.0 Å². The van der Waals surface area contributed by atoms with Crippen LogP contribution in [0.5, 0.6) is 0 Å². The summed E-state index contributed by atoms with van der Waals surface area (Å²) in [6, 6.07) is 4.69. The van der Waals surface area contributed by atoms with E-state index < -0.39 is 0 Å². The molecule has 2 nitrogen and oxygen atoms in total. The number of carbonyl (C=O) groups is 1. The van der Waals surface area contributed by atoms with Gasteiger partial charge < -0.3 is 4.90 Å². The number of hydrogen-bond donors (Lipinski definition) is 0. The fourth-order valence-corrected chi connectivity index (χ4v) is 2.94. The van der Waals surface area contributed by atoms with Crippen molar-refractivity contribution in [3.63, 3.8) is 0 Å². The summed E-state index contributed by atoms with van der Waals surface area (Å²) < 4.78 is 14.0. The maximum absolute atomic E-state index is 13.4. The van der Waals surface area contributed by atoms with E-state index in [2.05, 4.69) is 31.9 Å². The van der Waals surface area contributed by atoms with E-state index in [4.69, 9.17) is 0 Å². The standard InChI is InChI=1S/C14H16Br2FNO/c15-5-2-6-18(13-3-1-4-13)14(19)10-7-11(16)9-12(17)8-10/h7-9,13H,1-6H2. The number of halogens is 3. The molecule has 1 amide bonds. The molecule has 1 aromatic carbocycles. The van der Waals surface area contributed by atoms with Crippen molar-refractivity contribution < 1.29 is 9.18 Å². The highest BCUT2D eigenvalue weighted by Gasteiger charge is 2.29. The second-order valence-electron chi connectivity index (χ2n) is 4.78. The van der Waals surface area contributed by atoms with E-state index in [1.807, 2.05) is 4.90 Å². The van der Waals surface area contributed by atoms with Crippen LogP contribution in [0.25, 0.3) is 0 Å². The van der Waals surface area contributed by atoms with Crippen LogP contribution in [0.3, 0.4) is 0 Å². The summed E-state index contributed by atoms with van der Waals surface area (Å²) in [4.78, 5) is 14.4. The SMILES string of the molecule is O=C(c1cc(F)cc(Br)c1)N(CCCBr)C1CCC1. The molecule has 0 unspecified atom stereocenters. The van der Waals surface area contributed by atoms with Crippen LogP contribution < -0.4 is 0 Å². The van der Waals surface area contributed by atoms with E-state index in [1.165, 1.54) is 18.6 Å². The van der Waals surface area contributed by atoms with E-state index in [-0.39, 0.29) is 11.7 Å². The van der Waals surface area contributed by atoms with Crippen molar-refractivity contribution in [1.82, 2.24) is 4.90 Å². The second kappa shape index (κ2) is 6.84. The number of benzene rings is 1. The van der Waals surface area contributed by atoms with Gasteiger partial charge in [-0.05, 0) is 43.9 Å². The zero-order valence-electron chi connectivity index (χ0n) is 10.5. The second-order valence-corrected chi connectivity index (χ2v) is 6.49. The molecule has 0 radical (unpaired) electrons. The van der Waals surface area contributed by atoms with E-state index in [1.54, 1.807) is 6.07 Å². The first-order valence-corrected chi connectivity index (χ1v) is 8.36. The van der Waals surface area contributed by atoms with E-state index in [0.29, 0.717) is 16.1 Å². The third kappa shape index (κ3) is 3.78. The Labute approximate surface area is 129 Å². The van der Waals surface area contributed by atoms with Crippen molar-refractivity contribution in [2.45, 2.75) is 31.7 Å². The molecule has 0 atom stereocenters. The van der Waals surface area contributed by atoms with Gasteiger partial charge in [-0.15, -0.1) is 0 Å². The topological polar surface area (TPSA) is 20.3 Å². The smallest absolute Gasteiger partial charge is 0.254 e. The molecule has 1 saturated carbocycles. The number of nitrogens with zero attached hydrogens (tertiary/aromatic N) is 1. The minimum atomic E-state index is -0.383. The third-order valence-electron chi connectivity index (χ3n) is 3.42. The lowest BCUT2D eigenvalue weighted by molar-refractivity contribution is 0.0580. The van der Waals surface area contributed by atoms with Crippen molar-refractivity contribution in [3.8, 4) is 0 Å². The van der Waals surface area contributed by atoms with Gasteiger partial charge in [0.25, 0.3) is 5.91 Å². The summed E-state index contributed by atoms with van der Waals surface area (Å²) in [6.07, 6.45) is 4.21. The lowest BCUT2D eigenvalue weighted by Crippen LogP contribution is -2.44. The molecule has 0 aliphatic heterocycles. The predicted molar refractivity (Wildman–Crippen MR) is 81.2 cm³/mol. The molecule has 1 aliphatic rings. The number of amides is 1. The van der Waals surface area contributed by atoms with Gasteiger partial charge in [0.05, 0.1) is 0 Å². The third-order valence-corrected chi connectivity index (χ3v) is 4.44. The Bertz CT molecular complexity index is 443. The average molecular weight is 393 g/mol. The van der Waals surface area contributed by atoms with Crippen molar-refractivity contribution in [2.75, 3.05) is 11.9 Å². The minimum absolute atomic E-state index is 0.0640. The zero-order valence-corrected chi connectivity index (χ0v) is 13.7. The van der Waals surface area contributed by atoms with Crippen LogP contribution in [0.15, 0.2) is 22.7 Å². The van der Waals surface area contributed by atoms with Gasteiger partial charge in [-0.2, -0.15) is 0 Å². The van der Waals surface area contributed by atoms with Crippen LogP contribution in [-0.2, 0) is 0 Å². The Morgan fingerprint density at radius 2 is 2.11 bits per heavy atom. The number of alkyl halides is 1. The first kappa shape index (κ1) is 15.0. The molecule has 0 saturated heterocycles. The molecule has 0 spiro atoms. The predicted octanol–water partition coefficient (Wildman–Crippen LogP) is 4.37. The molecule has 104 valence electrons. The summed E-state index contributed by atoms with van der Waals surface area (Å²) in [5, 5.41) is 0.871. The molecule has 1 aromatic rings. The first-order chi connectivity index (χ1) is 9.11. The Morgan fingerprint density at radius 3 is 2.63 bits per heavy atom. The fraction of sp³-hybridized carbons (Fsp3) is 0.500. The summed E-state index contributed by atoms with van der Waals surface area (Å²) in [6.45, 7) is 0.725. The van der Waals surface area contributed by atoms with Gasteiger partial charge in [-0.25, -0.2) is 4.39 Å². The molecule has 1 fully saturated rings.